The van der Waals surface area contributed by atoms with Crippen LogP contribution >= 0.6 is 0 Å². The molecule has 1 atom stereocenters. The largest absolute Gasteiger partial charge is 0.465 e. The van der Waals surface area contributed by atoms with Crippen molar-refractivity contribution in [3.05, 3.63) is 29.3 Å². The number of carbonyl (C=O) groups excluding carboxylic acids is 1. The molecule has 0 amide bonds. The lowest BCUT2D eigenvalue weighted by Gasteiger charge is -2.10. The number of ether oxygens (including phenoxy) is 1. The first-order valence-corrected chi connectivity index (χ1v) is 4.29. The number of esters is 1. The third kappa shape index (κ3) is 2.03. The lowest BCUT2D eigenvalue weighted by molar-refractivity contribution is 0.0600. The van der Waals surface area contributed by atoms with Crippen molar-refractivity contribution in [1.82, 2.24) is 0 Å². The molecule has 1 aromatic rings. The number of methoxy groups -OCH3 is 1. The molecule has 4 nitrogen and oxygen atoms in total. The highest BCUT2D eigenvalue weighted by Crippen LogP contribution is 2.20. The van der Waals surface area contributed by atoms with Gasteiger partial charge in [-0.2, -0.15) is 0 Å². The summed E-state index contributed by atoms with van der Waals surface area (Å²) >= 11 is 0. The summed E-state index contributed by atoms with van der Waals surface area (Å²) in [5.41, 5.74) is 13.2. The third-order valence-electron chi connectivity index (χ3n) is 2.00. The van der Waals surface area contributed by atoms with Crippen molar-refractivity contribution in [2.24, 2.45) is 5.73 Å². The molecule has 14 heavy (non-hydrogen) atoms. The van der Waals surface area contributed by atoms with Crippen LogP contribution < -0.4 is 11.5 Å². The lowest BCUT2D eigenvalue weighted by atomic mass is 10.0. The molecule has 0 saturated heterocycles. The maximum atomic E-state index is 11.2. The van der Waals surface area contributed by atoms with Crippen LogP contribution in [0, 0.1) is 0 Å². The van der Waals surface area contributed by atoms with Gasteiger partial charge in [0.15, 0.2) is 0 Å². The Kier molecular flexibility index (Phi) is 3.09. The fourth-order valence-electron chi connectivity index (χ4n) is 1.21. The molecule has 4 N–H and O–H groups in total. The Balaban J connectivity index is 3.13. The summed E-state index contributed by atoms with van der Waals surface area (Å²) in [5, 5.41) is 0. The fourth-order valence-corrected chi connectivity index (χ4v) is 1.21. The van der Waals surface area contributed by atoms with Gasteiger partial charge in [0.2, 0.25) is 0 Å². The predicted molar refractivity (Wildman–Crippen MR) is 54.8 cm³/mol. The van der Waals surface area contributed by atoms with Crippen molar-refractivity contribution in [2.45, 2.75) is 13.0 Å². The summed E-state index contributed by atoms with van der Waals surface area (Å²) < 4.78 is 4.59. The first kappa shape index (κ1) is 10.5. The molecule has 0 bridgehead atoms. The van der Waals surface area contributed by atoms with Crippen LogP contribution in [0.2, 0.25) is 0 Å². The summed E-state index contributed by atoms with van der Waals surface area (Å²) in [6.07, 6.45) is 0. The molecule has 1 aromatic carbocycles. The number of carbonyl (C=O) groups is 1. The SMILES string of the molecule is COC(=O)c1ccc(N)c([C@@H](C)N)c1. The highest BCUT2D eigenvalue weighted by molar-refractivity contribution is 5.90. The van der Waals surface area contributed by atoms with Gasteiger partial charge in [-0.3, -0.25) is 0 Å². The van der Waals surface area contributed by atoms with E-state index in [4.69, 9.17) is 11.5 Å². The van der Waals surface area contributed by atoms with Crippen molar-refractivity contribution in [1.29, 1.82) is 0 Å². The van der Waals surface area contributed by atoms with Gasteiger partial charge in [0.25, 0.3) is 0 Å². The average molecular weight is 194 g/mol. The van der Waals surface area contributed by atoms with Gasteiger partial charge in [-0.25, -0.2) is 4.79 Å². The van der Waals surface area contributed by atoms with Gasteiger partial charge >= 0.3 is 5.97 Å². The van der Waals surface area contributed by atoms with Crippen molar-refractivity contribution < 1.29 is 9.53 Å². The molecule has 0 saturated carbocycles. The van der Waals surface area contributed by atoms with Gasteiger partial charge in [-0.05, 0) is 30.7 Å². The summed E-state index contributed by atoms with van der Waals surface area (Å²) in [6, 6.07) is 4.74. The number of anilines is 1. The smallest absolute Gasteiger partial charge is 0.337 e. The molecule has 0 aliphatic heterocycles. The van der Waals surface area contributed by atoms with E-state index < -0.39 is 0 Å². The Labute approximate surface area is 82.8 Å². The quantitative estimate of drug-likeness (QED) is 0.545. The molecule has 4 heteroatoms. The molecule has 0 aromatic heterocycles. The molecule has 0 fully saturated rings. The molecule has 0 aliphatic rings. The standard InChI is InChI=1S/C10H14N2O2/c1-6(11)8-5-7(10(13)14-2)3-4-9(8)12/h3-6H,11-12H2,1-2H3/t6-/m1/s1. The van der Waals surface area contributed by atoms with Gasteiger partial charge in [-0.15, -0.1) is 0 Å². The normalized spacial score (nSPS) is 12.2. The van der Waals surface area contributed by atoms with E-state index >= 15 is 0 Å². The Morgan fingerprint density at radius 3 is 2.64 bits per heavy atom. The van der Waals surface area contributed by atoms with Crippen molar-refractivity contribution in [2.75, 3.05) is 12.8 Å². The Bertz CT molecular complexity index is 348. The zero-order chi connectivity index (χ0) is 10.7. The van der Waals surface area contributed by atoms with E-state index in [-0.39, 0.29) is 12.0 Å². The van der Waals surface area contributed by atoms with Gasteiger partial charge in [-0.1, -0.05) is 0 Å². The second kappa shape index (κ2) is 4.11. The number of hydrogen-bond acceptors (Lipinski definition) is 4. The molecule has 1 rings (SSSR count). The molecular formula is C10H14N2O2. The lowest BCUT2D eigenvalue weighted by Crippen LogP contribution is -2.10. The van der Waals surface area contributed by atoms with E-state index in [9.17, 15) is 4.79 Å². The molecular weight excluding hydrogens is 180 g/mol. The maximum Gasteiger partial charge on any atom is 0.337 e. The van der Waals surface area contributed by atoms with Gasteiger partial charge in [0.1, 0.15) is 0 Å². The number of nitrogen functional groups attached to an aromatic ring is 1. The Morgan fingerprint density at radius 2 is 2.14 bits per heavy atom. The Morgan fingerprint density at radius 1 is 1.50 bits per heavy atom. The third-order valence-corrected chi connectivity index (χ3v) is 2.00. The van der Waals surface area contributed by atoms with E-state index in [1.807, 2.05) is 6.92 Å². The van der Waals surface area contributed by atoms with Crippen LogP contribution in [0.5, 0.6) is 0 Å². The van der Waals surface area contributed by atoms with E-state index in [0.717, 1.165) is 5.56 Å². The van der Waals surface area contributed by atoms with Crippen molar-refractivity contribution >= 4 is 11.7 Å². The number of hydrogen-bond donors (Lipinski definition) is 2. The Hall–Kier alpha value is -1.55. The van der Waals surface area contributed by atoms with Crippen LogP contribution in [-0.2, 0) is 4.74 Å². The number of rotatable bonds is 2. The molecule has 0 heterocycles. The molecule has 0 radical (unpaired) electrons. The van der Waals surface area contributed by atoms with Crippen LogP contribution in [0.15, 0.2) is 18.2 Å². The second-order valence-electron chi connectivity index (χ2n) is 3.12. The first-order chi connectivity index (χ1) is 6.56. The molecule has 0 aliphatic carbocycles. The zero-order valence-corrected chi connectivity index (χ0v) is 8.28. The van der Waals surface area contributed by atoms with Crippen LogP contribution in [0.3, 0.4) is 0 Å². The van der Waals surface area contributed by atoms with Crippen LogP contribution in [-0.4, -0.2) is 13.1 Å². The monoisotopic (exact) mass is 194 g/mol. The van der Waals surface area contributed by atoms with E-state index in [2.05, 4.69) is 4.74 Å². The molecule has 0 spiro atoms. The highest BCUT2D eigenvalue weighted by atomic mass is 16.5. The topological polar surface area (TPSA) is 78.3 Å². The molecule has 0 unspecified atom stereocenters. The van der Waals surface area contributed by atoms with Gasteiger partial charge in [0, 0.05) is 11.7 Å². The van der Waals surface area contributed by atoms with E-state index in [1.165, 1.54) is 7.11 Å². The second-order valence-corrected chi connectivity index (χ2v) is 3.12. The average Bonchev–Trinajstić information content (AvgIpc) is 2.17. The number of nitrogens with two attached hydrogens (primary N) is 2. The fraction of sp³-hybridized carbons (Fsp3) is 0.300. The predicted octanol–water partition coefficient (Wildman–Crippen LogP) is 1.08. The minimum atomic E-state index is -0.383. The van der Waals surface area contributed by atoms with Crippen molar-refractivity contribution in [3.63, 3.8) is 0 Å². The van der Waals surface area contributed by atoms with Crippen molar-refractivity contribution in [3.8, 4) is 0 Å². The summed E-state index contributed by atoms with van der Waals surface area (Å²) in [7, 11) is 1.34. The van der Waals surface area contributed by atoms with E-state index in [1.54, 1.807) is 18.2 Å². The van der Waals surface area contributed by atoms with Gasteiger partial charge < -0.3 is 16.2 Å². The van der Waals surface area contributed by atoms with Crippen LogP contribution in [0.4, 0.5) is 5.69 Å². The first-order valence-electron chi connectivity index (χ1n) is 4.29. The minimum absolute atomic E-state index is 0.195. The maximum absolute atomic E-state index is 11.2. The summed E-state index contributed by atoms with van der Waals surface area (Å²) in [6.45, 7) is 1.81. The summed E-state index contributed by atoms with van der Waals surface area (Å²) in [4.78, 5) is 11.2. The highest BCUT2D eigenvalue weighted by Gasteiger charge is 2.10. The number of benzene rings is 1. The van der Waals surface area contributed by atoms with Crippen LogP contribution in [0.25, 0.3) is 0 Å². The zero-order valence-electron chi connectivity index (χ0n) is 8.28. The van der Waals surface area contributed by atoms with E-state index in [0.29, 0.717) is 11.3 Å². The molecule has 76 valence electrons. The van der Waals surface area contributed by atoms with Gasteiger partial charge in [0.05, 0.1) is 12.7 Å². The minimum Gasteiger partial charge on any atom is -0.465 e. The summed E-state index contributed by atoms with van der Waals surface area (Å²) in [5.74, 6) is -0.383. The van der Waals surface area contributed by atoms with Crippen LogP contribution in [0.1, 0.15) is 28.9 Å².